The molecule has 62 valence electrons. The lowest BCUT2D eigenvalue weighted by molar-refractivity contribution is 0.405. The van der Waals surface area contributed by atoms with Crippen LogP contribution in [-0.4, -0.2) is 11.2 Å². The van der Waals surface area contributed by atoms with Crippen molar-refractivity contribution in [2.75, 3.05) is 0 Å². The first kappa shape index (κ1) is 8.27. The minimum Gasteiger partial charge on any atom is -0.364 e. The van der Waals surface area contributed by atoms with Gasteiger partial charge in [-0.2, -0.15) is 0 Å². The molecule has 0 spiro atoms. The van der Waals surface area contributed by atoms with Gasteiger partial charge < -0.3 is 9.84 Å². The average molecular weight is 154 g/mol. The van der Waals surface area contributed by atoms with Gasteiger partial charge in [-0.3, -0.25) is 0 Å². The number of nitrogens with one attached hydrogen (secondary N) is 1. The molecule has 0 fully saturated rings. The van der Waals surface area contributed by atoms with Crippen molar-refractivity contribution in [2.24, 2.45) is 0 Å². The maximum atomic E-state index is 4.69. The van der Waals surface area contributed by atoms with E-state index in [9.17, 15) is 0 Å². The first-order valence-corrected chi connectivity index (χ1v) is 3.95. The molecule has 1 atom stereocenters. The summed E-state index contributed by atoms with van der Waals surface area (Å²) < 4.78 is 4.69. The van der Waals surface area contributed by atoms with Crippen LogP contribution in [0.25, 0.3) is 0 Å². The molecule has 0 aliphatic carbocycles. The van der Waals surface area contributed by atoms with Crippen LogP contribution in [0.3, 0.4) is 0 Å². The Morgan fingerprint density at radius 1 is 1.73 bits per heavy atom. The molecule has 0 aliphatic heterocycles. The van der Waals surface area contributed by atoms with E-state index in [1.54, 1.807) is 6.26 Å². The minimum absolute atomic E-state index is 0.548. The van der Waals surface area contributed by atoms with Gasteiger partial charge in [-0.1, -0.05) is 12.1 Å². The molecule has 0 saturated carbocycles. The Hall–Kier alpha value is -0.830. The molecule has 1 aromatic heterocycles. The quantitative estimate of drug-likeness (QED) is 0.715. The Kier molecular flexibility index (Phi) is 3.11. The predicted molar refractivity (Wildman–Crippen MR) is 43.1 cm³/mol. The van der Waals surface area contributed by atoms with Crippen LogP contribution in [0.15, 0.2) is 16.9 Å². The third kappa shape index (κ3) is 2.72. The summed E-state index contributed by atoms with van der Waals surface area (Å²) in [6, 6.07) is 2.42. The third-order valence-electron chi connectivity index (χ3n) is 1.74. The molecule has 1 unspecified atom stereocenters. The van der Waals surface area contributed by atoms with Gasteiger partial charge in [0.25, 0.3) is 0 Å². The molecular weight excluding hydrogens is 140 g/mol. The third-order valence-corrected chi connectivity index (χ3v) is 1.74. The van der Waals surface area contributed by atoms with E-state index in [1.807, 2.05) is 6.07 Å². The first-order chi connectivity index (χ1) is 5.33. The van der Waals surface area contributed by atoms with Gasteiger partial charge in [0.05, 0.1) is 5.69 Å². The SMILES string of the molecule is CCC(C)NCc1ccon1. The fourth-order valence-corrected chi connectivity index (χ4v) is 0.752. The van der Waals surface area contributed by atoms with Crippen molar-refractivity contribution in [2.45, 2.75) is 32.9 Å². The Morgan fingerprint density at radius 3 is 3.09 bits per heavy atom. The van der Waals surface area contributed by atoms with Crippen molar-refractivity contribution in [1.82, 2.24) is 10.5 Å². The zero-order valence-electron chi connectivity index (χ0n) is 7.00. The molecule has 1 aromatic rings. The van der Waals surface area contributed by atoms with Crippen LogP contribution in [0.4, 0.5) is 0 Å². The van der Waals surface area contributed by atoms with Crippen LogP contribution >= 0.6 is 0 Å². The number of rotatable bonds is 4. The summed E-state index contributed by atoms with van der Waals surface area (Å²) in [6.45, 7) is 5.10. The largest absolute Gasteiger partial charge is 0.364 e. The summed E-state index contributed by atoms with van der Waals surface area (Å²) in [5, 5.41) is 7.10. The lowest BCUT2D eigenvalue weighted by Gasteiger charge is -2.08. The van der Waals surface area contributed by atoms with Crippen LogP contribution in [0.2, 0.25) is 0 Å². The highest BCUT2D eigenvalue weighted by molar-refractivity contribution is 4.94. The molecule has 11 heavy (non-hydrogen) atoms. The zero-order chi connectivity index (χ0) is 8.10. The molecular formula is C8H14N2O. The van der Waals surface area contributed by atoms with E-state index in [4.69, 9.17) is 4.52 Å². The fraction of sp³-hybridized carbons (Fsp3) is 0.625. The van der Waals surface area contributed by atoms with E-state index < -0.39 is 0 Å². The Labute approximate surface area is 66.8 Å². The maximum absolute atomic E-state index is 4.69. The van der Waals surface area contributed by atoms with Crippen LogP contribution in [-0.2, 0) is 6.54 Å². The van der Waals surface area contributed by atoms with Gasteiger partial charge >= 0.3 is 0 Å². The topological polar surface area (TPSA) is 38.1 Å². The summed E-state index contributed by atoms with van der Waals surface area (Å²) in [5.74, 6) is 0. The zero-order valence-corrected chi connectivity index (χ0v) is 7.00. The van der Waals surface area contributed by atoms with E-state index in [1.165, 1.54) is 0 Å². The lowest BCUT2D eigenvalue weighted by Crippen LogP contribution is -2.24. The molecule has 1 N–H and O–H groups in total. The van der Waals surface area contributed by atoms with E-state index in [0.29, 0.717) is 6.04 Å². The summed E-state index contributed by atoms with van der Waals surface area (Å²) in [6.07, 6.45) is 2.73. The molecule has 3 nitrogen and oxygen atoms in total. The van der Waals surface area contributed by atoms with Crippen molar-refractivity contribution in [3.63, 3.8) is 0 Å². The second kappa shape index (κ2) is 4.13. The number of aromatic nitrogens is 1. The molecule has 3 heteroatoms. The number of nitrogens with zero attached hydrogens (tertiary/aromatic N) is 1. The Bertz CT molecular complexity index is 184. The van der Waals surface area contributed by atoms with Crippen LogP contribution < -0.4 is 5.32 Å². The van der Waals surface area contributed by atoms with Crippen LogP contribution in [0.5, 0.6) is 0 Å². The highest BCUT2D eigenvalue weighted by atomic mass is 16.5. The molecule has 0 aromatic carbocycles. The van der Waals surface area contributed by atoms with E-state index in [-0.39, 0.29) is 0 Å². The van der Waals surface area contributed by atoms with Gasteiger partial charge in [0, 0.05) is 18.7 Å². The number of hydrogen-bond donors (Lipinski definition) is 1. The smallest absolute Gasteiger partial charge is 0.124 e. The van der Waals surface area contributed by atoms with E-state index in [2.05, 4.69) is 24.3 Å². The van der Waals surface area contributed by atoms with Gasteiger partial charge in [0.15, 0.2) is 0 Å². The molecule has 0 aliphatic rings. The second-order valence-electron chi connectivity index (χ2n) is 2.68. The fourth-order valence-electron chi connectivity index (χ4n) is 0.752. The maximum Gasteiger partial charge on any atom is 0.124 e. The standard InChI is InChI=1S/C8H14N2O/c1-3-7(2)9-6-8-4-5-11-10-8/h4-5,7,9H,3,6H2,1-2H3. The van der Waals surface area contributed by atoms with Gasteiger partial charge in [0.2, 0.25) is 0 Å². The minimum atomic E-state index is 0.548. The van der Waals surface area contributed by atoms with E-state index >= 15 is 0 Å². The molecule has 0 saturated heterocycles. The molecule has 0 radical (unpaired) electrons. The number of hydrogen-bond acceptors (Lipinski definition) is 3. The van der Waals surface area contributed by atoms with Crippen molar-refractivity contribution in [1.29, 1.82) is 0 Å². The first-order valence-electron chi connectivity index (χ1n) is 3.95. The molecule has 0 amide bonds. The van der Waals surface area contributed by atoms with Crippen molar-refractivity contribution in [3.05, 3.63) is 18.0 Å². The lowest BCUT2D eigenvalue weighted by atomic mass is 10.2. The van der Waals surface area contributed by atoms with Crippen molar-refractivity contribution in [3.8, 4) is 0 Å². The highest BCUT2D eigenvalue weighted by Gasteiger charge is 1.99. The van der Waals surface area contributed by atoms with Gasteiger partial charge in [-0.15, -0.1) is 0 Å². The van der Waals surface area contributed by atoms with Crippen LogP contribution in [0.1, 0.15) is 26.0 Å². The summed E-state index contributed by atoms with van der Waals surface area (Å²) >= 11 is 0. The Morgan fingerprint density at radius 2 is 2.55 bits per heavy atom. The Balaban J connectivity index is 2.23. The van der Waals surface area contributed by atoms with E-state index in [0.717, 1.165) is 18.7 Å². The average Bonchev–Trinajstić information content (AvgIpc) is 2.52. The molecule has 1 heterocycles. The molecule has 0 bridgehead atoms. The van der Waals surface area contributed by atoms with Crippen molar-refractivity contribution < 1.29 is 4.52 Å². The molecule has 1 rings (SSSR count). The van der Waals surface area contributed by atoms with Crippen LogP contribution in [0, 0.1) is 0 Å². The highest BCUT2D eigenvalue weighted by Crippen LogP contribution is 1.95. The van der Waals surface area contributed by atoms with Gasteiger partial charge in [-0.25, -0.2) is 0 Å². The van der Waals surface area contributed by atoms with Gasteiger partial charge in [-0.05, 0) is 13.3 Å². The normalized spacial score (nSPS) is 13.3. The summed E-state index contributed by atoms with van der Waals surface area (Å²) in [5.41, 5.74) is 0.963. The second-order valence-corrected chi connectivity index (χ2v) is 2.68. The summed E-state index contributed by atoms with van der Waals surface area (Å²) in [4.78, 5) is 0. The van der Waals surface area contributed by atoms with Gasteiger partial charge in [0.1, 0.15) is 6.26 Å². The predicted octanol–water partition coefficient (Wildman–Crippen LogP) is 1.56. The monoisotopic (exact) mass is 154 g/mol. The summed E-state index contributed by atoms with van der Waals surface area (Å²) in [7, 11) is 0. The van der Waals surface area contributed by atoms with Crippen molar-refractivity contribution >= 4 is 0 Å².